The monoisotopic (exact) mass is 470 g/mol. The minimum atomic E-state index is 0.0876. The van der Waals surface area contributed by atoms with Gasteiger partial charge in [-0.15, -0.1) is 22.7 Å². The zero-order valence-corrected chi connectivity index (χ0v) is 21.8. The lowest BCUT2D eigenvalue weighted by Crippen LogP contribution is -2.10. The second-order valence-electron chi connectivity index (χ2n) is 10.9. The fourth-order valence-corrected chi connectivity index (χ4v) is 5.91. The summed E-state index contributed by atoms with van der Waals surface area (Å²) in [5.74, 6) is 0. The van der Waals surface area contributed by atoms with Gasteiger partial charge in [-0.2, -0.15) is 0 Å². The molecule has 0 saturated carbocycles. The van der Waals surface area contributed by atoms with E-state index >= 15 is 0 Å². The van der Waals surface area contributed by atoms with E-state index in [9.17, 15) is 0 Å². The van der Waals surface area contributed by atoms with Crippen LogP contribution >= 0.6 is 22.7 Å². The number of rotatable bonds is 3. The van der Waals surface area contributed by atoms with Crippen molar-refractivity contribution in [2.45, 2.75) is 58.8 Å². The summed E-state index contributed by atoms with van der Waals surface area (Å²) in [4.78, 5) is 9.87. The van der Waals surface area contributed by atoms with Crippen LogP contribution < -0.4 is 0 Å². The summed E-state index contributed by atoms with van der Waals surface area (Å²) >= 11 is 3.57. The van der Waals surface area contributed by atoms with Gasteiger partial charge in [0.15, 0.2) is 0 Å². The normalized spacial score (nSPS) is 12.7. The third-order valence-electron chi connectivity index (χ3n) is 5.95. The van der Waals surface area contributed by atoms with Crippen molar-refractivity contribution >= 4 is 43.1 Å². The molecule has 0 spiro atoms. The van der Waals surface area contributed by atoms with Crippen LogP contribution in [0.5, 0.6) is 0 Å². The van der Waals surface area contributed by atoms with E-state index in [4.69, 9.17) is 9.97 Å². The Morgan fingerprint density at radius 2 is 1.21 bits per heavy atom. The third-order valence-corrected chi connectivity index (χ3v) is 8.50. The molecule has 0 aliphatic carbocycles. The predicted octanol–water partition coefficient (Wildman–Crippen LogP) is 8.76. The Balaban J connectivity index is 1.41. The van der Waals surface area contributed by atoms with Gasteiger partial charge in [-0.05, 0) is 52.8 Å². The summed E-state index contributed by atoms with van der Waals surface area (Å²) in [6, 6.07) is 22.3. The van der Waals surface area contributed by atoms with Crippen molar-refractivity contribution in [3.05, 3.63) is 82.4 Å². The Morgan fingerprint density at radius 1 is 0.636 bits per heavy atom. The molecule has 5 rings (SSSR count). The van der Waals surface area contributed by atoms with Gasteiger partial charge in [0, 0.05) is 11.0 Å². The van der Waals surface area contributed by atoms with Crippen molar-refractivity contribution in [2.75, 3.05) is 0 Å². The van der Waals surface area contributed by atoms with Crippen LogP contribution in [0.15, 0.2) is 60.7 Å². The van der Waals surface area contributed by atoms with E-state index in [1.54, 1.807) is 22.7 Å². The molecular formula is C29H30N2S2. The van der Waals surface area contributed by atoms with Crippen molar-refractivity contribution in [2.24, 2.45) is 0 Å². The first-order valence-corrected chi connectivity index (χ1v) is 13.1. The lowest BCUT2D eigenvalue weighted by molar-refractivity contribution is 0.587. The lowest BCUT2D eigenvalue weighted by atomic mass is 9.87. The summed E-state index contributed by atoms with van der Waals surface area (Å²) in [5, 5.41) is 2.28. The predicted molar refractivity (Wildman–Crippen MR) is 145 cm³/mol. The van der Waals surface area contributed by atoms with Crippen LogP contribution in [0.2, 0.25) is 0 Å². The summed E-state index contributed by atoms with van der Waals surface area (Å²) < 4.78 is 2.50. The first-order chi connectivity index (χ1) is 15.6. The summed E-state index contributed by atoms with van der Waals surface area (Å²) in [7, 11) is 0. The Morgan fingerprint density at radius 3 is 1.79 bits per heavy atom. The molecule has 2 heterocycles. The molecule has 0 unspecified atom stereocenters. The number of hydrogen-bond acceptors (Lipinski definition) is 4. The van der Waals surface area contributed by atoms with Crippen molar-refractivity contribution < 1.29 is 0 Å². The maximum atomic E-state index is 4.97. The zero-order chi connectivity index (χ0) is 23.4. The molecule has 3 aromatic carbocycles. The largest absolute Gasteiger partial charge is 0.241 e. The first-order valence-electron chi connectivity index (χ1n) is 11.5. The molecule has 0 N–H and O–H groups in total. The average Bonchev–Trinajstić information content (AvgIpc) is 3.36. The number of nitrogens with zero attached hydrogens (tertiary/aromatic N) is 2. The molecule has 4 heteroatoms. The standard InChI is InChI=1S/C29H30N2S2/c1-28(2,3)21-11-9-20(10-12-21)26-30-22-16-18(7-13-24(22)32-26)15-19-8-14-25-23(17-19)31-27(33-25)29(4,5)6/h7-14,16-17H,15H2,1-6H3. The summed E-state index contributed by atoms with van der Waals surface area (Å²) in [6.07, 6.45) is 0.890. The van der Waals surface area contributed by atoms with E-state index < -0.39 is 0 Å². The quantitative estimate of drug-likeness (QED) is 0.263. The lowest BCUT2D eigenvalue weighted by Gasteiger charge is -2.18. The Hall–Kier alpha value is -2.56. The molecule has 168 valence electrons. The molecule has 2 aromatic heterocycles. The number of fused-ring (bicyclic) bond motifs is 2. The molecule has 0 atom stereocenters. The number of thiazole rings is 2. The van der Waals surface area contributed by atoms with E-state index in [1.807, 2.05) is 0 Å². The van der Waals surface area contributed by atoms with E-state index in [1.165, 1.54) is 36.7 Å². The van der Waals surface area contributed by atoms with Gasteiger partial charge in [0.1, 0.15) is 5.01 Å². The number of aromatic nitrogens is 2. The molecule has 5 aromatic rings. The average molecular weight is 471 g/mol. The molecule has 2 nitrogen and oxygen atoms in total. The third kappa shape index (κ3) is 4.60. The van der Waals surface area contributed by atoms with E-state index in [0.717, 1.165) is 22.5 Å². The molecule has 0 bridgehead atoms. The SMILES string of the molecule is CC(C)(C)c1ccc(-c2nc3cc(Cc4ccc5sc(C(C)(C)C)nc5c4)ccc3s2)cc1. The smallest absolute Gasteiger partial charge is 0.124 e. The highest BCUT2D eigenvalue weighted by atomic mass is 32.1. The summed E-state index contributed by atoms with van der Waals surface area (Å²) in [5.41, 5.74) is 7.56. The van der Waals surface area contributed by atoms with Crippen molar-refractivity contribution in [1.29, 1.82) is 0 Å². The van der Waals surface area contributed by atoms with Crippen molar-refractivity contribution in [3.8, 4) is 10.6 Å². The summed E-state index contributed by atoms with van der Waals surface area (Å²) in [6.45, 7) is 13.4. The van der Waals surface area contributed by atoms with Gasteiger partial charge in [-0.25, -0.2) is 9.97 Å². The highest BCUT2D eigenvalue weighted by Gasteiger charge is 2.19. The van der Waals surface area contributed by atoms with Crippen LogP contribution in [0.3, 0.4) is 0 Å². The minimum absolute atomic E-state index is 0.0876. The molecule has 33 heavy (non-hydrogen) atoms. The van der Waals surface area contributed by atoms with Crippen LogP contribution in [0.4, 0.5) is 0 Å². The number of benzene rings is 3. The Kier molecular flexibility index (Phi) is 5.42. The molecule has 0 aliphatic heterocycles. The Labute approximate surface area is 204 Å². The molecule has 0 aliphatic rings. The fourth-order valence-electron chi connectivity index (χ4n) is 3.96. The van der Waals surface area contributed by atoms with Crippen LogP contribution in [0.25, 0.3) is 31.0 Å². The zero-order valence-electron chi connectivity index (χ0n) is 20.2. The van der Waals surface area contributed by atoms with Crippen molar-refractivity contribution in [3.63, 3.8) is 0 Å². The molecule has 0 amide bonds. The van der Waals surface area contributed by atoms with Gasteiger partial charge in [-0.3, -0.25) is 0 Å². The fraction of sp³-hybridized carbons (Fsp3) is 0.310. The van der Waals surface area contributed by atoms with Gasteiger partial charge in [0.05, 0.1) is 25.4 Å². The van der Waals surface area contributed by atoms with Gasteiger partial charge < -0.3 is 0 Å². The highest BCUT2D eigenvalue weighted by molar-refractivity contribution is 7.21. The number of hydrogen-bond donors (Lipinski definition) is 0. The van der Waals surface area contributed by atoms with E-state index in [0.29, 0.717) is 0 Å². The van der Waals surface area contributed by atoms with Crippen LogP contribution in [-0.4, -0.2) is 9.97 Å². The van der Waals surface area contributed by atoms with E-state index in [-0.39, 0.29) is 10.8 Å². The van der Waals surface area contributed by atoms with Crippen LogP contribution in [0, 0.1) is 0 Å². The minimum Gasteiger partial charge on any atom is -0.241 e. The van der Waals surface area contributed by atoms with Crippen LogP contribution in [0.1, 0.15) is 63.2 Å². The maximum Gasteiger partial charge on any atom is 0.124 e. The highest BCUT2D eigenvalue weighted by Crippen LogP contribution is 2.34. The van der Waals surface area contributed by atoms with Gasteiger partial charge in [-0.1, -0.05) is 77.9 Å². The second kappa shape index (κ2) is 8.03. The van der Waals surface area contributed by atoms with Crippen LogP contribution in [-0.2, 0) is 17.3 Å². The van der Waals surface area contributed by atoms with Crippen molar-refractivity contribution in [1.82, 2.24) is 9.97 Å². The second-order valence-corrected chi connectivity index (χ2v) is 13.0. The maximum absolute atomic E-state index is 4.97. The molecule has 0 radical (unpaired) electrons. The van der Waals surface area contributed by atoms with Gasteiger partial charge in [0.25, 0.3) is 0 Å². The first kappa shape index (κ1) is 22.2. The Bertz CT molecular complexity index is 1440. The molecule has 0 fully saturated rings. The molecular weight excluding hydrogens is 440 g/mol. The van der Waals surface area contributed by atoms with Gasteiger partial charge in [0.2, 0.25) is 0 Å². The van der Waals surface area contributed by atoms with Gasteiger partial charge >= 0.3 is 0 Å². The topological polar surface area (TPSA) is 25.8 Å². The molecule has 0 saturated heterocycles. The van der Waals surface area contributed by atoms with E-state index in [2.05, 4.69) is 102 Å².